The number of hydrogen-bond acceptors (Lipinski definition) is 4. The van der Waals surface area contributed by atoms with Crippen molar-refractivity contribution in [3.05, 3.63) is 36.2 Å². The number of fused-ring (bicyclic) bond motifs is 1. The van der Waals surface area contributed by atoms with Crippen molar-refractivity contribution in [2.24, 2.45) is 5.73 Å². The predicted molar refractivity (Wildman–Crippen MR) is 74.8 cm³/mol. The van der Waals surface area contributed by atoms with Gasteiger partial charge in [0.25, 0.3) is 5.91 Å². The number of nitrogens with zero attached hydrogens (tertiary/aromatic N) is 2. The van der Waals surface area contributed by atoms with Gasteiger partial charge in [-0.1, -0.05) is 13.3 Å². The summed E-state index contributed by atoms with van der Waals surface area (Å²) in [6.07, 6.45) is 5.12. The smallest absolute Gasteiger partial charge is 0.251 e. The average Bonchev–Trinajstić information content (AvgIpc) is 2.46. The Morgan fingerprint density at radius 1 is 1.32 bits per heavy atom. The van der Waals surface area contributed by atoms with Crippen LogP contribution in [-0.2, 0) is 0 Å². The van der Waals surface area contributed by atoms with E-state index in [0.29, 0.717) is 12.1 Å². The topological polar surface area (TPSA) is 80.9 Å². The van der Waals surface area contributed by atoms with Gasteiger partial charge in [-0.15, -0.1) is 0 Å². The minimum absolute atomic E-state index is 0.0232. The van der Waals surface area contributed by atoms with Crippen LogP contribution in [-0.4, -0.2) is 28.5 Å². The maximum Gasteiger partial charge on any atom is 0.251 e. The molecule has 0 radical (unpaired) electrons. The first-order chi connectivity index (χ1) is 9.24. The van der Waals surface area contributed by atoms with E-state index in [4.69, 9.17) is 5.73 Å². The lowest BCUT2D eigenvalue weighted by molar-refractivity contribution is 0.0936. The second kappa shape index (κ2) is 6.24. The van der Waals surface area contributed by atoms with Crippen molar-refractivity contribution >= 4 is 16.9 Å². The van der Waals surface area contributed by atoms with Crippen LogP contribution in [0.4, 0.5) is 0 Å². The highest BCUT2D eigenvalue weighted by molar-refractivity contribution is 5.97. The monoisotopic (exact) mass is 258 g/mol. The molecule has 5 nitrogen and oxygen atoms in total. The summed E-state index contributed by atoms with van der Waals surface area (Å²) in [4.78, 5) is 20.5. The predicted octanol–water partition coefficient (Wildman–Crippen LogP) is 1.49. The number of aromatic nitrogens is 2. The molecule has 0 fully saturated rings. The van der Waals surface area contributed by atoms with E-state index >= 15 is 0 Å². The van der Waals surface area contributed by atoms with Gasteiger partial charge in [-0.05, 0) is 24.6 Å². The van der Waals surface area contributed by atoms with E-state index < -0.39 is 0 Å². The van der Waals surface area contributed by atoms with Crippen LogP contribution in [0.25, 0.3) is 11.0 Å². The second-order valence-electron chi connectivity index (χ2n) is 4.45. The molecule has 2 aromatic rings. The van der Waals surface area contributed by atoms with Gasteiger partial charge in [0.15, 0.2) is 0 Å². The molecule has 1 atom stereocenters. The van der Waals surface area contributed by atoms with Crippen molar-refractivity contribution in [3.8, 4) is 0 Å². The van der Waals surface area contributed by atoms with Crippen LogP contribution < -0.4 is 11.1 Å². The van der Waals surface area contributed by atoms with Gasteiger partial charge in [0.2, 0.25) is 0 Å². The second-order valence-corrected chi connectivity index (χ2v) is 4.45. The Labute approximate surface area is 112 Å². The van der Waals surface area contributed by atoms with Crippen LogP contribution >= 0.6 is 0 Å². The summed E-state index contributed by atoms with van der Waals surface area (Å²) in [5.74, 6) is -0.114. The van der Waals surface area contributed by atoms with Crippen molar-refractivity contribution < 1.29 is 4.79 Å². The zero-order valence-electron chi connectivity index (χ0n) is 11.0. The third kappa shape index (κ3) is 3.26. The van der Waals surface area contributed by atoms with Gasteiger partial charge in [0, 0.05) is 30.5 Å². The number of nitrogens with two attached hydrogens (primary N) is 1. The first-order valence-corrected chi connectivity index (χ1v) is 6.46. The highest BCUT2D eigenvalue weighted by Gasteiger charge is 2.12. The molecule has 1 unspecified atom stereocenters. The number of nitrogens with one attached hydrogen (secondary N) is 1. The Morgan fingerprint density at radius 2 is 2.05 bits per heavy atom. The molecule has 3 N–H and O–H groups in total. The Kier molecular flexibility index (Phi) is 4.41. The van der Waals surface area contributed by atoms with Crippen LogP contribution in [0.5, 0.6) is 0 Å². The summed E-state index contributed by atoms with van der Waals surface area (Å²) < 4.78 is 0. The van der Waals surface area contributed by atoms with Crippen molar-refractivity contribution in [1.82, 2.24) is 15.3 Å². The van der Waals surface area contributed by atoms with Gasteiger partial charge in [0.05, 0.1) is 11.0 Å². The van der Waals surface area contributed by atoms with Crippen molar-refractivity contribution in [2.45, 2.75) is 25.8 Å². The third-order valence-corrected chi connectivity index (χ3v) is 2.99. The van der Waals surface area contributed by atoms with E-state index in [-0.39, 0.29) is 11.9 Å². The standard InChI is InChI=1S/C14H18N4O/c1-2-3-11(9-15)18-14(19)10-4-5-12-13(8-10)17-7-6-16-12/h4-8,11H,2-3,9,15H2,1H3,(H,18,19). The Morgan fingerprint density at radius 3 is 2.74 bits per heavy atom. The summed E-state index contributed by atoms with van der Waals surface area (Å²) >= 11 is 0. The number of amides is 1. The number of hydrogen-bond donors (Lipinski definition) is 2. The van der Waals surface area contributed by atoms with Gasteiger partial charge in [-0.2, -0.15) is 0 Å². The van der Waals surface area contributed by atoms with Crippen LogP contribution in [0.1, 0.15) is 30.1 Å². The molecule has 0 saturated carbocycles. The molecule has 0 spiro atoms. The molecule has 0 aliphatic rings. The molecule has 19 heavy (non-hydrogen) atoms. The van der Waals surface area contributed by atoms with Crippen LogP contribution in [0.3, 0.4) is 0 Å². The molecule has 0 aliphatic heterocycles. The van der Waals surface area contributed by atoms with Gasteiger partial charge in [-0.3, -0.25) is 14.8 Å². The van der Waals surface area contributed by atoms with E-state index in [1.54, 1.807) is 30.6 Å². The zero-order valence-corrected chi connectivity index (χ0v) is 11.0. The molecule has 0 bridgehead atoms. The number of carbonyl (C=O) groups is 1. The highest BCUT2D eigenvalue weighted by Crippen LogP contribution is 2.11. The molecular weight excluding hydrogens is 240 g/mol. The summed E-state index contributed by atoms with van der Waals surface area (Å²) in [5, 5.41) is 2.94. The minimum Gasteiger partial charge on any atom is -0.348 e. The fourth-order valence-corrected chi connectivity index (χ4v) is 1.97. The molecule has 5 heteroatoms. The summed E-state index contributed by atoms with van der Waals surface area (Å²) in [6, 6.07) is 5.33. The first kappa shape index (κ1) is 13.4. The molecular formula is C14H18N4O. The van der Waals surface area contributed by atoms with Gasteiger partial charge in [0.1, 0.15) is 0 Å². The normalized spacial score (nSPS) is 12.3. The Balaban J connectivity index is 2.16. The fourth-order valence-electron chi connectivity index (χ4n) is 1.97. The molecule has 1 amide bonds. The number of rotatable bonds is 5. The Bertz CT molecular complexity index is 570. The van der Waals surface area contributed by atoms with E-state index in [9.17, 15) is 4.79 Å². The molecule has 1 heterocycles. The van der Waals surface area contributed by atoms with Gasteiger partial charge in [-0.25, -0.2) is 0 Å². The molecule has 1 aromatic heterocycles. The van der Waals surface area contributed by atoms with Gasteiger partial charge >= 0.3 is 0 Å². The molecule has 2 rings (SSSR count). The summed E-state index contributed by atoms with van der Waals surface area (Å²) in [7, 11) is 0. The van der Waals surface area contributed by atoms with Crippen molar-refractivity contribution in [2.75, 3.05) is 6.54 Å². The number of benzene rings is 1. The zero-order chi connectivity index (χ0) is 13.7. The van der Waals surface area contributed by atoms with Crippen LogP contribution in [0, 0.1) is 0 Å². The van der Waals surface area contributed by atoms with E-state index in [1.165, 1.54) is 0 Å². The molecule has 0 saturated heterocycles. The minimum atomic E-state index is -0.114. The number of carbonyl (C=O) groups excluding carboxylic acids is 1. The first-order valence-electron chi connectivity index (χ1n) is 6.46. The lowest BCUT2D eigenvalue weighted by Crippen LogP contribution is -2.40. The lowest BCUT2D eigenvalue weighted by atomic mass is 10.1. The van der Waals surface area contributed by atoms with Crippen LogP contribution in [0.2, 0.25) is 0 Å². The largest absolute Gasteiger partial charge is 0.348 e. The fraction of sp³-hybridized carbons (Fsp3) is 0.357. The summed E-state index contributed by atoms with van der Waals surface area (Å²) in [6.45, 7) is 2.52. The molecule has 0 aliphatic carbocycles. The average molecular weight is 258 g/mol. The quantitative estimate of drug-likeness (QED) is 0.851. The SMILES string of the molecule is CCCC(CN)NC(=O)c1ccc2nccnc2c1. The third-order valence-electron chi connectivity index (χ3n) is 2.99. The van der Waals surface area contributed by atoms with Crippen molar-refractivity contribution in [3.63, 3.8) is 0 Å². The molecule has 100 valence electrons. The van der Waals surface area contributed by atoms with E-state index in [0.717, 1.165) is 23.9 Å². The van der Waals surface area contributed by atoms with Gasteiger partial charge < -0.3 is 11.1 Å². The lowest BCUT2D eigenvalue weighted by Gasteiger charge is -2.15. The summed E-state index contributed by atoms with van der Waals surface area (Å²) in [5.41, 5.74) is 7.72. The van der Waals surface area contributed by atoms with E-state index in [1.807, 2.05) is 0 Å². The maximum absolute atomic E-state index is 12.1. The highest BCUT2D eigenvalue weighted by atomic mass is 16.1. The van der Waals surface area contributed by atoms with Crippen molar-refractivity contribution in [1.29, 1.82) is 0 Å². The van der Waals surface area contributed by atoms with E-state index in [2.05, 4.69) is 22.2 Å². The van der Waals surface area contributed by atoms with Crippen LogP contribution in [0.15, 0.2) is 30.6 Å². The maximum atomic E-state index is 12.1. The molecule has 1 aromatic carbocycles. The Hall–Kier alpha value is -2.01.